The Morgan fingerprint density at radius 2 is 2.47 bits per heavy atom. The molecule has 0 radical (unpaired) electrons. The summed E-state index contributed by atoms with van der Waals surface area (Å²) in [6.45, 7) is 6.18. The molecule has 2 heterocycles. The van der Waals surface area contributed by atoms with E-state index in [1.807, 2.05) is 0 Å². The van der Waals surface area contributed by atoms with Gasteiger partial charge in [-0.25, -0.2) is 4.98 Å². The van der Waals surface area contributed by atoms with Crippen LogP contribution in [0.4, 0.5) is 0 Å². The summed E-state index contributed by atoms with van der Waals surface area (Å²) in [7, 11) is 0. The molecule has 1 aliphatic heterocycles. The van der Waals surface area contributed by atoms with Gasteiger partial charge in [0.1, 0.15) is 5.15 Å². The SMILES string of the molecule is CCN1CCOC(CNC(=O)c2ccc(Cl)nc2)C1. The summed E-state index contributed by atoms with van der Waals surface area (Å²) in [5.74, 6) is -0.151. The number of carbonyl (C=O) groups excluding carboxylic acids is 1. The maximum atomic E-state index is 11.9. The third-order valence-corrected chi connectivity index (χ3v) is 3.37. The molecule has 19 heavy (non-hydrogen) atoms. The molecule has 1 atom stereocenters. The van der Waals surface area contributed by atoms with E-state index in [2.05, 4.69) is 22.1 Å². The number of hydrogen-bond acceptors (Lipinski definition) is 4. The Morgan fingerprint density at radius 1 is 1.63 bits per heavy atom. The molecule has 0 aromatic carbocycles. The van der Waals surface area contributed by atoms with E-state index in [4.69, 9.17) is 16.3 Å². The van der Waals surface area contributed by atoms with Crippen molar-refractivity contribution < 1.29 is 9.53 Å². The Bertz CT molecular complexity index is 424. The Hall–Kier alpha value is -1.17. The maximum absolute atomic E-state index is 11.9. The van der Waals surface area contributed by atoms with Crippen LogP contribution in [0.25, 0.3) is 0 Å². The fourth-order valence-corrected chi connectivity index (χ4v) is 2.12. The van der Waals surface area contributed by atoms with E-state index < -0.39 is 0 Å². The van der Waals surface area contributed by atoms with Crippen LogP contribution in [0.15, 0.2) is 18.3 Å². The van der Waals surface area contributed by atoms with Crippen LogP contribution in [0.3, 0.4) is 0 Å². The standard InChI is InChI=1S/C13H18ClN3O2/c1-2-17-5-6-19-11(9-17)8-16-13(18)10-3-4-12(14)15-7-10/h3-4,7,11H,2,5-6,8-9H2,1H3,(H,16,18). The Labute approximate surface area is 117 Å². The van der Waals surface area contributed by atoms with E-state index in [9.17, 15) is 4.79 Å². The van der Waals surface area contributed by atoms with Crippen molar-refractivity contribution in [1.29, 1.82) is 0 Å². The van der Waals surface area contributed by atoms with Gasteiger partial charge < -0.3 is 10.1 Å². The zero-order chi connectivity index (χ0) is 13.7. The van der Waals surface area contributed by atoms with Crippen LogP contribution in [0, 0.1) is 0 Å². The number of amides is 1. The van der Waals surface area contributed by atoms with Gasteiger partial charge in [-0.15, -0.1) is 0 Å². The van der Waals surface area contributed by atoms with Crippen molar-refractivity contribution in [3.63, 3.8) is 0 Å². The summed E-state index contributed by atoms with van der Waals surface area (Å²) in [4.78, 5) is 18.1. The van der Waals surface area contributed by atoms with Gasteiger partial charge in [-0.1, -0.05) is 18.5 Å². The number of carbonyl (C=O) groups is 1. The Balaban J connectivity index is 1.81. The topological polar surface area (TPSA) is 54.5 Å². The van der Waals surface area contributed by atoms with Crippen LogP contribution in [0.5, 0.6) is 0 Å². The highest BCUT2D eigenvalue weighted by Crippen LogP contribution is 2.06. The van der Waals surface area contributed by atoms with Crippen LogP contribution in [0.2, 0.25) is 5.15 Å². The minimum absolute atomic E-state index is 0.0536. The van der Waals surface area contributed by atoms with E-state index in [1.54, 1.807) is 12.1 Å². The lowest BCUT2D eigenvalue weighted by Gasteiger charge is -2.32. The third kappa shape index (κ3) is 4.16. The van der Waals surface area contributed by atoms with E-state index in [-0.39, 0.29) is 12.0 Å². The molecule has 5 nitrogen and oxygen atoms in total. The average molecular weight is 284 g/mol. The smallest absolute Gasteiger partial charge is 0.252 e. The lowest BCUT2D eigenvalue weighted by atomic mass is 10.2. The van der Waals surface area contributed by atoms with Gasteiger partial charge in [-0.05, 0) is 18.7 Å². The first-order valence-corrected chi connectivity index (χ1v) is 6.80. The van der Waals surface area contributed by atoms with Crippen LogP contribution < -0.4 is 5.32 Å². The fraction of sp³-hybridized carbons (Fsp3) is 0.538. The number of aromatic nitrogens is 1. The third-order valence-electron chi connectivity index (χ3n) is 3.15. The summed E-state index contributed by atoms with van der Waals surface area (Å²) in [6, 6.07) is 3.26. The van der Waals surface area contributed by atoms with Crippen LogP contribution in [-0.4, -0.2) is 54.7 Å². The molecular weight excluding hydrogens is 266 g/mol. The van der Waals surface area contributed by atoms with Gasteiger partial charge in [0.2, 0.25) is 0 Å². The first kappa shape index (κ1) is 14.2. The largest absolute Gasteiger partial charge is 0.374 e. The van der Waals surface area contributed by atoms with Gasteiger partial charge >= 0.3 is 0 Å². The lowest BCUT2D eigenvalue weighted by molar-refractivity contribution is -0.0246. The summed E-state index contributed by atoms with van der Waals surface area (Å²) >= 11 is 5.68. The summed E-state index contributed by atoms with van der Waals surface area (Å²) in [5.41, 5.74) is 0.507. The highest BCUT2D eigenvalue weighted by Gasteiger charge is 2.19. The van der Waals surface area contributed by atoms with E-state index in [0.29, 0.717) is 17.3 Å². The Kier molecular flexibility index (Phi) is 5.13. The predicted molar refractivity (Wildman–Crippen MR) is 73.4 cm³/mol. The van der Waals surface area contributed by atoms with E-state index in [1.165, 1.54) is 6.20 Å². The maximum Gasteiger partial charge on any atom is 0.252 e. The second-order valence-corrected chi connectivity index (χ2v) is 4.85. The van der Waals surface area contributed by atoms with E-state index >= 15 is 0 Å². The zero-order valence-corrected chi connectivity index (χ0v) is 11.7. The second-order valence-electron chi connectivity index (χ2n) is 4.47. The van der Waals surface area contributed by atoms with Crippen LogP contribution >= 0.6 is 11.6 Å². The zero-order valence-electron chi connectivity index (χ0n) is 10.9. The average Bonchev–Trinajstić information content (AvgIpc) is 2.46. The number of ether oxygens (including phenoxy) is 1. The van der Waals surface area contributed by atoms with E-state index in [0.717, 1.165) is 26.2 Å². The fourth-order valence-electron chi connectivity index (χ4n) is 2.01. The number of nitrogens with one attached hydrogen (secondary N) is 1. The van der Waals surface area contributed by atoms with Gasteiger partial charge in [0, 0.05) is 25.8 Å². The summed E-state index contributed by atoms with van der Waals surface area (Å²) in [5, 5.41) is 3.24. The molecule has 1 N–H and O–H groups in total. The number of likely N-dealkylation sites (N-methyl/N-ethyl adjacent to an activating group) is 1. The van der Waals surface area contributed by atoms with Gasteiger partial charge in [-0.3, -0.25) is 9.69 Å². The summed E-state index contributed by atoms with van der Waals surface area (Å²) < 4.78 is 5.62. The molecule has 1 aromatic heterocycles. The van der Waals surface area contributed by atoms with Crippen molar-refractivity contribution in [2.75, 3.05) is 32.8 Å². The Morgan fingerprint density at radius 3 is 3.16 bits per heavy atom. The molecule has 0 spiro atoms. The molecule has 2 rings (SSSR count). The number of nitrogens with zero attached hydrogens (tertiary/aromatic N) is 2. The minimum Gasteiger partial charge on any atom is -0.374 e. The van der Waals surface area contributed by atoms with Crippen LogP contribution in [-0.2, 0) is 4.74 Å². The van der Waals surface area contributed by atoms with Crippen molar-refractivity contribution in [1.82, 2.24) is 15.2 Å². The number of rotatable bonds is 4. The first-order valence-electron chi connectivity index (χ1n) is 6.42. The molecule has 1 aliphatic rings. The van der Waals surface area contributed by atoms with Crippen molar-refractivity contribution >= 4 is 17.5 Å². The number of hydrogen-bond donors (Lipinski definition) is 1. The minimum atomic E-state index is -0.151. The second kappa shape index (κ2) is 6.84. The van der Waals surface area contributed by atoms with Crippen molar-refractivity contribution in [3.05, 3.63) is 29.0 Å². The molecule has 1 amide bonds. The van der Waals surface area contributed by atoms with Gasteiger partial charge in [0.25, 0.3) is 5.91 Å². The number of morpholine rings is 1. The molecular formula is C13H18ClN3O2. The predicted octanol–water partition coefficient (Wildman–Crippen LogP) is 1.19. The normalized spacial score (nSPS) is 20.2. The van der Waals surface area contributed by atoms with Gasteiger partial charge in [0.05, 0.1) is 18.3 Å². The molecule has 104 valence electrons. The van der Waals surface area contributed by atoms with Crippen LogP contribution in [0.1, 0.15) is 17.3 Å². The monoisotopic (exact) mass is 283 g/mol. The quantitative estimate of drug-likeness (QED) is 0.844. The molecule has 1 fully saturated rings. The molecule has 0 saturated carbocycles. The van der Waals surface area contributed by atoms with Crippen molar-refractivity contribution in [2.45, 2.75) is 13.0 Å². The molecule has 1 unspecified atom stereocenters. The van der Waals surface area contributed by atoms with Gasteiger partial charge in [-0.2, -0.15) is 0 Å². The number of pyridine rings is 1. The highest BCUT2D eigenvalue weighted by atomic mass is 35.5. The van der Waals surface area contributed by atoms with Crippen molar-refractivity contribution in [3.8, 4) is 0 Å². The first-order chi connectivity index (χ1) is 9.19. The van der Waals surface area contributed by atoms with Gasteiger partial charge in [0.15, 0.2) is 0 Å². The molecule has 0 aliphatic carbocycles. The molecule has 0 bridgehead atoms. The number of halogens is 1. The van der Waals surface area contributed by atoms with Crippen molar-refractivity contribution in [2.24, 2.45) is 0 Å². The highest BCUT2D eigenvalue weighted by molar-refractivity contribution is 6.29. The molecule has 1 saturated heterocycles. The summed E-state index contributed by atoms with van der Waals surface area (Å²) in [6.07, 6.45) is 1.52. The molecule has 6 heteroatoms. The lowest BCUT2D eigenvalue weighted by Crippen LogP contribution is -2.47. The molecule has 1 aromatic rings.